The fourth-order valence-electron chi connectivity index (χ4n) is 13.2. The smallest absolute Gasteiger partial charge is 0.307 e. The molecule has 4 heterocycles. The van der Waals surface area contributed by atoms with Crippen molar-refractivity contribution in [3.63, 3.8) is 0 Å². The number of carboxylic acids is 2. The van der Waals surface area contributed by atoms with E-state index in [-0.39, 0.29) is 102 Å². The first kappa shape index (κ1) is 88.1. The van der Waals surface area contributed by atoms with E-state index in [0.717, 1.165) is 28.5 Å². The van der Waals surface area contributed by atoms with Crippen LogP contribution in [0.2, 0.25) is 0 Å². The molecule has 0 saturated carbocycles. The van der Waals surface area contributed by atoms with Crippen LogP contribution in [0.1, 0.15) is 143 Å². The highest BCUT2D eigenvalue weighted by Crippen LogP contribution is 2.31. The number of fused-ring (bicyclic) bond motifs is 2. The molecular formula is C69H108N16O19S2. The average Bonchev–Trinajstić information content (AvgIpc) is 1.61. The number of aliphatic hydroxyl groups excluding tert-OH is 2. The maximum absolute atomic E-state index is 15.4. The first-order valence-corrected chi connectivity index (χ1v) is 38.7. The lowest BCUT2D eigenvalue weighted by atomic mass is 9.89. The van der Waals surface area contributed by atoms with Gasteiger partial charge in [-0.05, 0) is 108 Å². The minimum Gasteiger partial charge on any atom is -0.481 e. The van der Waals surface area contributed by atoms with Gasteiger partial charge in [0.15, 0.2) is 17.5 Å². The molecule has 106 heavy (non-hydrogen) atoms. The number of unbranched alkanes of at least 4 members (excludes halogenated alkanes) is 1. The van der Waals surface area contributed by atoms with Gasteiger partial charge in [-0.2, -0.15) is 0 Å². The standard InChI is InChI=1S/C69H108N16O19S2/c1-6-37(3)55-63(98)78-46(51(88)30-41(29-40-17-9-8-10-18-40)65(100)83-26-14-21-48(83)52(89)31-42(68(103)104)32-54(91)92)35-105-106-36-47(79-58(93)43(75-53(90)33-71)20-13-25-74-69(72)73)61(96)82-57(39(5)87)64(99)76-44(19-11-12-24-70)59(94)77-45(34-86)60(95)81-56(38(4)7-2)67(102)85-28-16-23-50(85)66(101)84-27-15-22-49(84)62(97)80-55/h8-10,17-18,37-39,41-50,55-57,86-87H,6-7,11-16,19-36,70-71H2,1-5H3,(H,75,90)(H,76,99)(H,77,94)(H,78,98)(H,79,93)(H,80,97)(H,81,95)(H,82,96)(H,91,92)(H,103,104)(H4,72,73,74)/t37-,38-,39+,41-,42-,43-,44-,45+,46-,47-,48-,49-,50-,55-,56-,57-/m0/s1. The van der Waals surface area contributed by atoms with Crippen LogP contribution in [-0.4, -0.2) is 260 Å². The molecular weight excluding hydrogens is 1420 g/mol. The topological polar surface area (TPSA) is 559 Å². The van der Waals surface area contributed by atoms with Crippen molar-refractivity contribution in [3.8, 4) is 0 Å². The van der Waals surface area contributed by atoms with Gasteiger partial charge in [-0.15, -0.1) is 0 Å². The summed E-state index contributed by atoms with van der Waals surface area (Å²) in [5.74, 6) is -19.2. The number of carboxylic acid groups (broad SMARTS) is 2. The second-order valence-corrected chi connectivity index (χ2v) is 30.0. The lowest BCUT2D eigenvalue weighted by Gasteiger charge is -2.35. The summed E-state index contributed by atoms with van der Waals surface area (Å²) in [6, 6.07) is -7.52. The van der Waals surface area contributed by atoms with E-state index >= 15 is 14.4 Å². The Balaban J connectivity index is 1.65. The number of hydrogen-bond donors (Lipinski definition) is 16. The van der Waals surface area contributed by atoms with Gasteiger partial charge in [0.05, 0.1) is 43.7 Å². The summed E-state index contributed by atoms with van der Waals surface area (Å²) < 4.78 is 0. The summed E-state index contributed by atoms with van der Waals surface area (Å²) in [7, 11) is 1.73. The summed E-state index contributed by atoms with van der Waals surface area (Å²) in [4.78, 5) is 221. The average molecular weight is 1530 g/mol. The molecule has 4 fully saturated rings. The number of carbonyl (C=O) groups is 15. The van der Waals surface area contributed by atoms with Gasteiger partial charge < -0.3 is 101 Å². The molecule has 20 N–H and O–H groups in total. The number of amides is 11. The number of nitrogens with one attached hydrogen (secondary N) is 8. The van der Waals surface area contributed by atoms with Crippen LogP contribution in [0.5, 0.6) is 0 Å². The Morgan fingerprint density at radius 3 is 1.84 bits per heavy atom. The molecule has 0 spiro atoms. The Hall–Kier alpha value is -8.52. The number of rotatable bonds is 30. The van der Waals surface area contributed by atoms with Crippen molar-refractivity contribution in [3.05, 3.63) is 35.9 Å². The Bertz CT molecular complexity index is 3280. The fraction of sp³-hybridized carbons (Fsp3) is 0.681. The molecule has 0 bridgehead atoms. The molecule has 0 aliphatic carbocycles. The summed E-state index contributed by atoms with van der Waals surface area (Å²) in [6.07, 6.45) is -1.63. The van der Waals surface area contributed by atoms with Crippen molar-refractivity contribution in [1.29, 1.82) is 0 Å². The van der Waals surface area contributed by atoms with E-state index in [1.165, 1.54) is 14.7 Å². The van der Waals surface area contributed by atoms with Gasteiger partial charge in [-0.3, -0.25) is 76.9 Å². The molecule has 590 valence electrons. The Morgan fingerprint density at radius 1 is 0.642 bits per heavy atom. The van der Waals surface area contributed by atoms with Crippen LogP contribution < -0.4 is 65.5 Å². The molecule has 0 radical (unpaired) electrons. The van der Waals surface area contributed by atoms with E-state index in [4.69, 9.17) is 22.9 Å². The molecule has 35 nitrogen and oxygen atoms in total. The van der Waals surface area contributed by atoms with Crippen LogP contribution in [0.15, 0.2) is 35.3 Å². The number of likely N-dealkylation sites (tertiary alicyclic amines) is 1. The third kappa shape index (κ3) is 26.2. The molecule has 11 amide bonds. The van der Waals surface area contributed by atoms with Gasteiger partial charge in [0.2, 0.25) is 65.0 Å². The van der Waals surface area contributed by atoms with Crippen molar-refractivity contribution < 1.29 is 92.3 Å². The fourth-order valence-corrected chi connectivity index (χ4v) is 15.5. The van der Waals surface area contributed by atoms with Crippen molar-refractivity contribution in [1.82, 2.24) is 57.2 Å². The number of aliphatic hydroxyl groups is 2. The number of benzene rings is 1. The number of nitrogens with zero attached hydrogens (tertiary/aromatic N) is 4. The Morgan fingerprint density at radius 2 is 1.23 bits per heavy atom. The molecule has 0 unspecified atom stereocenters. The third-order valence-electron chi connectivity index (χ3n) is 19.6. The monoisotopic (exact) mass is 1530 g/mol. The van der Waals surface area contributed by atoms with Gasteiger partial charge >= 0.3 is 11.9 Å². The predicted octanol–water partition coefficient (Wildman–Crippen LogP) is -3.21. The van der Waals surface area contributed by atoms with Gasteiger partial charge in [-0.25, -0.2) is 0 Å². The zero-order chi connectivity index (χ0) is 78.5. The van der Waals surface area contributed by atoms with E-state index in [1.54, 1.807) is 58.0 Å². The van der Waals surface area contributed by atoms with Crippen molar-refractivity contribution in [2.24, 2.45) is 51.6 Å². The number of carbonyl (C=O) groups excluding carboxylic acids is 13. The van der Waals surface area contributed by atoms with E-state index in [2.05, 4.69) is 47.5 Å². The number of aliphatic carboxylic acids is 2. The maximum Gasteiger partial charge on any atom is 0.307 e. The lowest BCUT2D eigenvalue weighted by molar-refractivity contribution is -0.150. The van der Waals surface area contributed by atoms with Crippen LogP contribution in [0.25, 0.3) is 0 Å². The van der Waals surface area contributed by atoms with Gasteiger partial charge in [0, 0.05) is 56.4 Å². The summed E-state index contributed by atoms with van der Waals surface area (Å²) >= 11 is 0. The Labute approximate surface area is 624 Å². The minimum atomic E-state index is -1.91. The summed E-state index contributed by atoms with van der Waals surface area (Å²) in [6.45, 7) is 6.75. The maximum atomic E-state index is 15.4. The molecule has 16 atom stereocenters. The highest BCUT2D eigenvalue weighted by Gasteiger charge is 2.47. The molecule has 4 aliphatic heterocycles. The van der Waals surface area contributed by atoms with Gasteiger partial charge in [0.25, 0.3) is 0 Å². The largest absolute Gasteiger partial charge is 0.481 e. The predicted molar refractivity (Wildman–Crippen MR) is 390 cm³/mol. The second kappa shape index (κ2) is 43.9. The molecule has 0 aromatic heterocycles. The Kier molecular flexibility index (Phi) is 36.5. The number of nitrogens with two attached hydrogens (primary N) is 4. The molecule has 4 saturated heterocycles. The SMILES string of the molecule is CC[C@H](C)[C@@H]1NC(=O)[C@@H]2CCCN2C(=O)[C@@H]2CCCN2C(=O)[C@H]([C@@H](C)CC)NC(=O)[C@@H](CO)NC(=O)[C@H](CCCCN)NC(=O)[C@H]([C@@H](C)O)NC(=O)[C@@H](NC(=O)[C@H](CCCN=C(N)N)NC(=O)CN)CSSC[C@@H](C(=O)C[C@H](Cc2ccccc2)C(=O)N2CCC[C@H]2C(=O)C[C@@H](CC(=O)O)C(=O)O)NC1=O. The summed E-state index contributed by atoms with van der Waals surface area (Å²) in [5, 5.41) is 62.1. The molecule has 37 heteroatoms. The van der Waals surface area contributed by atoms with Crippen molar-refractivity contribution in [2.45, 2.75) is 216 Å². The first-order valence-electron chi connectivity index (χ1n) is 36.3. The molecule has 1 aromatic rings. The van der Waals surface area contributed by atoms with E-state index in [0.29, 0.717) is 37.7 Å². The molecule has 5 rings (SSSR count). The zero-order valence-electron chi connectivity index (χ0n) is 60.8. The normalized spacial score (nSPS) is 25.3. The number of hydrogen-bond acceptors (Lipinski definition) is 22. The van der Waals surface area contributed by atoms with E-state index in [1.807, 2.05) is 0 Å². The molecule has 4 aliphatic rings. The van der Waals surface area contributed by atoms with Crippen LogP contribution in [0.3, 0.4) is 0 Å². The van der Waals surface area contributed by atoms with Gasteiger partial charge in [-0.1, -0.05) is 92.5 Å². The number of ketones is 2. The highest BCUT2D eigenvalue weighted by atomic mass is 33.1. The van der Waals surface area contributed by atoms with Crippen molar-refractivity contribution >= 4 is 116 Å². The molecule has 1 aromatic carbocycles. The lowest BCUT2D eigenvalue weighted by Crippen LogP contribution is -2.62. The number of Topliss-reactive ketones (excluding diaryl/α,β-unsaturated/α-hetero) is 2. The van der Waals surface area contributed by atoms with Crippen LogP contribution >= 0.6 is 21.6 Å². The van der Waals surface area contributed by atoms with Crippen molar-refractivity contribution in [2.75, 3.05) is 57.4 Å². The number of aliphatic imine (C=N–C) groups is 1. The van der Waals surface area contributed by atoms with Crippen LogP contribution in [0.4, 0.5) is 0 Å². The second-order valence-electron chi connectivity index (χ2n) is 27.5. The van der Waals surface area contributed by atoms with E-state index < -0.39 is 223 Å². The highest BCUT2D eigenvalue weighted by molar-refractivity contribution is 8.76. The minimum absolute atomic E-state index is 0.00393. The van der Waals surface area contributed by atoms with Crippen LogP contribution in [-0.2, 0) is 78.3 Å². The number of guanidine groups is 1. The summed E-state index contributed by atoms with van der Waals surface area (Å²) in [5.41, 5.74) is 23.1. The zero-order valence-corrected chi connectivity index (χ0v) is 62.5. The quantitative estimate of drug-likeness (QED) is 0.0156. The third-order valence-corrected chi connectivity index (χ3v) is 22.0. The van der Waals surface area contributed by atoms with Gasteiger partial charge in [0.1, 0.15) is 54.4 Å². The first-order chi connectivity index (χ1) is 50.4. The van der Waals surface area contributed by atoms with E-state index in [9.17, 15) is 78.0 Å². The van der Waals surface area contributed by atoms with Crippen LogP contribution in [0, 0.1) is 23.7 Å².